The zero-order valence-corrected chi connectivity index (χ0v) is 14.4. The number of hydrogen-bond donors (Lipinski definition) is 0. The van der Waals surface area contributed by atoms with Gasteiger partial charge in [0.15, 0.2) is 6.73 Å². The predicted octanol–water partition coefficient (Wildman–Crippen LogP) is 2.34. The fourth-order valence-electron chi connectivity index (χ4n) is 1.91. The zero-order chi connectivity index (χ0) is 18.6. The summed E-state index contributed by atoms with van der Waals surface area (Å²) in [6, 6.07) is 11.1. The zero-order valence-electron chi connectivity index (χ0n) is 13.6. The van der Waals surface area contributed by atoms with Crippen LogP contribution in [0.25, 0.3) is 0 Å². The largest absolute Gasteiger partial charge is 0.445 e. The number of non-ortho nitro benzene ring substituents is 1. The number of hydrogen-bond acceptors (Lipinski definition) is 6. The molecule has 0 aliphatic carbocycles. The third-order valence-corrected chi connectivity index (χ3v) is 5.21. The second-order valence-electron chi connectivity index (χ2n) is 5.28. The molecule has 0 bridgehead atoms. The molecule has 0 aliphatic rings. The molecule has 0 aromatic heterocycles. The van der Waals surface area contributed by atoms with Crippen molar-refractivity contribution >= 4 is 21.7 Å². The van der Waals surface area contributed by atoms with Gasteiger partial charge in [-0.25, -0.2) is 13.2 Å². The van der Waals surface area contributed by atoms with Gasteiger partial charge < -0.3 is 4.74 Å². The van der Waals surface area contributed by atoms with Crippen LogP contribution in [0.5, 0.6) is 0 Å². The van der Waals surface area contributed by atoms with Crippen molar-refractivity contribution < 1.29 is 22.9 Å². The maximum absolute atomic E-state index is 12.4. The predicted molar refractivity (Wildman–Crippen MR) is 89.5 cm³/mol. The van der Waals surface area contributed by atoms with E-state index in [-0.39, 0.29) is 10.6 Å². The number of nitro benzene ring substituents is 1. The lowest BCUT2D eigenvalue weighted by Crippen LogP contribution is -2.30. The molecule has 2 aromatic carbocycles. The maximum atomic E-state index is 12.4. The molecule has 132 valence electrons. The van der Waals surface area contributed by atoms with E-state index in [1.807, 2.05) is 6.92 Å². The van der Waals surface area contributed by atoms with E-state index in [1.165, 1.54) is 7.05 Å². The Hall–Kier alpha value is -2.78. The van der Waals surface area contributed by atoms with Crippen LogP contribution in [0.2, 0.25) is 0 Å². The van der Waals surface area contributed by atoms with E-state index in [4.69, 9.17) is 4.74 Å². The molecular formula is C16H16N2O6S. The van der Waals surface area contributed by atoms with Gasteiger partial charge in [0.05, 0.1) is 15.4 Å². The molecule has 0 unspecified atom stereocenters. The van der Waals surface area contributed by atoms with Crippen LogP contribution in [-0.4, -0.2) is 37.4 Å². The number of ether oxygens (including phenoxy) is 1. The van der Waals surface area contributed by atoms with Gasteiger partial charge in [0, 0.05) is 19.2 Å². The van der Waals surface area contributed by atoms with Crippen LogP contribution in [0.3, 0.4) is 0 Å². The number of esters is 1. The second kappa shape index (κ2) is 7.41. The van der Waals surface area contributed by atoms with Crippen molar-refractivity contribution in [1.29, 1.82) is 0 Å². The summed E-state index contributed by atoms with van der Waals surface area (Å²) in [5.74, 6) is -0.647. The number of nitrogens with zero attached hydrogens (tertiary/aromatic N) is 2. The van der Waals surface area contributed by atoms with Crippen molar-refractivity contribution in [2.45, 2.75) is 11.8 Å². The quantitative estimate of drug-likeness (QED) is 0.337. The summed E-state index contributed by atoms with van der Waals surface area (Å²) in [4.78, 5) is 21.8. The highest BCUT2D eigenvalue weighted by molar-refractivity contribution is 7.89. The minimum absolute atomic E-state index is 0.132. The number of aryl methyl sites for hydroxylation is 1. The van der Waals surface area contributed by atoms with E-state index in [2.05, 4.69) is 0 Å². The van der Waals surface area contributed by atoms with Crippen LogP contribution in [0.4, 0.5) is 5.69 Å². The molecule has 0 saturated heterocycles. The van der Waals surface area contributed by atoms with E-state index < -0.39 is 27.6 Å². The summed E-state index contributed by atoms with van der Waals surface area (Å²) in [6.07, 6.45) is 0. The number of rotatable bonds is 6. The number of carbonyl (C=O) groups excluding carboxylic acids is 1. The van der Waals surface area contributed by atoms with Crippen molar-refractivity contribution in [3.63, 3.8) is 0 Å². The summed E-state index contributed by atoms with van der Waals surface area (Å²) >= 11 is 0. The van der Waals surface area contributed by atoms with E-state index in [9.17, 15) is 23.3 Å². The molecule has 0 fully saturated rings. The topological polar surface area (TPSA) is 107 Å². The first-order chi connectivity index (χ1) is 11.7. The Morgan fingerprint density at radius 2 is 1.68 bits per heavy atom. The Morgan fingerprint density at radius 3 is 2.20 bits per heavy atom. The Labute approximate surface area is 144 Å². The Balaban J connectivity index is 2.05. The van der Waals surface area contributed by atoms with Crippen LogP contribution < -0.4 is 0 Å². The average Bonchev–Trinajstić information content (AvgIpc) is 2.59. The highest BCUT2D eigenvalue weighted by Gasteiger charge is 2.23. The lowest BCUT2D eigenvalue weighted by Gasteiger charge is -2.17. The summed E-state index contributed by atoms with van der Waals surface area (Å²) in [5.41, 5.74) is 1.08. The first-order valence-electron chi connectivity index (χ1n) is 7.16. The SMILES string of the molecule is Cc1ccc(C(=O)OCN(C)S(=O)(=O)c2ccc([N+](=O)[O-])cc2)cc1. The normalized spacial score (nSPS) is 11.3. The average molecular weight is 364 g/mol. The molecule has 0 amide bonds. The van der Waals surface area contributed by atoms with Crippen molar-refractivity contribution in [3.05, 3.63) is 69.8 Å². The number of carbonyl (C=O) groups is 1. The molecule has 25 heavy (non-hydrogen) atoms. The summed E-state index contributed by atoms with van der Waals surface area (Å²) in [7, 11) is -2.68. The molecule has 2 aromatic rings. The molecule has 0 N–H and O–H groups in total. The van der Waals surface area contributed by atoms with Gasteiger partial charge in [-0.3, -0.25) is 10.1 Å². The highest BCUT2D eigenvalue weighted by atomic mass is 32.2. The van der Waals surface area contributed by atoms with Gasteiger partial charge in [-0.2, -0.15) is 4.31 Å². The molecule has 0 atom stereocenters. The van der Waals surface area contributed by atoms with Crippen LogP contribution in [0, 0.1) is 17.0 Å². The van der Waals surface area contributed by atoms with Crippen LogP contribution >= 0.6 is 0 Å². The van der Waals surface area contributed by atoms with Crippen molar-refractivity contribution in [2.24, 2.45) is 0 Å². The third kappa shape index (κ3) is 4.40. The third-order valence-electron chi connectivity index (χ3n) is 3.42. The fourth-order valence-corrected chi connectivity index (χ4v) is 2.94. The Bertz CT molecular complexity index is 876. The van der Waals surface area contributed by atoms with E-state index in [1.54, 1.807) is 24.3 Å². The van der Waals surface area contributed by atoms with Gasteiger partial charge in [0.2, 0.25) is 10.0 Å². The molecular weight excluding hydrogens is 348 g/mol. The van der Waals surface area contributed by atoms with Gasteiger partial charge in [-0.1, -0.05) is 17.7 Å². The van der Waals surface area contributed by atoms with Crippen LogP contribution in [0.15, 0.2) is 53.4 Å². The summed E-state index contributed by atoms with van der Waals surface area (Å²) in [6.45, 7) is 1.39. The fraction of sp³-hybridized carbons (Fsp3) is 0.188. The molecule has 9 heteroatoms. The number of benzene rings is 2. The lowest BCUT2D eigenvalue weighted by atomic mass is 10.2. The van der Waals surface area contributed by atoms with Crippen molar-refractivity contribution in [1.82, 2.24) is 4.31 Å². The van der Waals surface area contributed by atoms with E-state index in [0.29, 0.717) is 5.56 Å². The summed E-state index contributed by atoms with van der Waals surface area (Å²) in [5, 5.41) is 10.6. The van der Waals surface area contributed by atoms with Crippen molar-refractivity contribution in [3.8, 4) is 0 Å². The van der Waals surface area contributed by atoms with Gasteiger partial charge >= 0.3 is 5.97 Å². The molecule has 2 rings (SSSR count). The van der Waals surface area contributed by atoms with E-state index in [0.717, 1.165) is 34.1 Å². The van der Waals surface area contributed by atoms with Crippen LogP contribution in [0.1, 0.15) is 15.9 Å². The standard InChI is InChI=1S/C16H16N2O6S/c1-12-3-5-13(6-4-12)16(19)24-11-17(2)25(22,23)15-9-7-14(8-10-15)18(20)21/h3-10H,11H2,1-2H3. The first kappa shape index (κ1) is 18.6. The molecule has 0 heterocycles. The smallest absolute Gasteiger partial charge is 0.339 e. The van der Waals surface area contributed by atoms with Gasteiger partial charge in [-0.05, 0) is 31.2 Å². The lowest BCUT2D eigenvalue weighted by molar-refractivity contribution is -0.384. The van der Waals surface area contributed by atoms with Gasteiger partial charge in [0.1, 0.15) is 0 Å². The molecule has 0 spiro atoms. The monoisotopic (exact) mass is 364 g/mol. The molecule has 0 radical (unpaired) electrons. The van der Waals surface area contributed by atoms with Crippen molar-refractivity contribution in [2.75, 3.05) is 13.8 Å². The first-order valence-corrected chi connectivity index (χ1v) is 8.60. The maximum Gasteiger partial charge on any atom is 0.339 e. The Kier molecular flexibility index (Phi) is 5.50. The molecule has 0 saturated carbocycles. The van der Waals surface area contributed by atoms with Gasteiger partial charge in [-0.15, -0.1) is 0 Å². The molecule has 0 aliphatic heterocycles. The van der Waals surface area contributed by atoms with E-state index >= 15 is 0 Å². The second-order valence-corrected chi connectivity index (χ2v) is 7.33. The molecule has 8 nitrogen and oxygen atoms in total. The van der Waals surface area contributed by atoms with Crippen LogP contribution in [-0.2, 0) is 14.8 Å². The Morgan fingerprint density at radius 1 is 1.12 bits per heavy atom. The number of sulfonamides is 1. The minimum atomic E-state index is -3.93. The van der Waals surface area contributed by atoms with Gasteiger partial charge in [0.25, 0.3) is 5.69 Å². The summed E-state index contributed by atoms with van der Waals surface area (Å²) < 4.78 is 30.6. The number of nitro groups is 1. The minimum Gasteiger partial charge on any atom is -0.445 e. The highest BCUT2D eigenvalue weighted by Crippen LogP contribution is 2.18.